The third kappa shape index (κ3) is 3.70. The van der Waals surface area contributed by atoms with Crippen molar-refractivity contribution >= 4 is 11.6 Å². The van der Waals surface area contributed by atoms with Crippen LogP contribution in [-0.2, 0) is 11.0 Å². The van der Waals surface area contributed by atoms with Crippen LogP contribution in [0.4, 0.5) is 18.9 Å². The van der Waals surface area contributed by atoms with Gasteiger partial charge < -0.3 is 10.2 Å². The molecule has 1 amide bonds. The summed E-state index contributed by atoms with van der Waals surface area (Å²) in [4.78, 5) is 13.0. The highest BCUT2D eigenvalue weighted by Gasteiger charge is 2.32. The zero-order valence-electron chi connectivity index (χ0n) is 12.1. The lowest BCUT2D eigenvalue weighted by atomic mass is 10.0. The van der Waals surface area contributed by atoms with E-state index in [9.17, 15) is 18.0 Å². The molecule has 0 aliphatic carbocycles. The van der Waals surface area contributed by atoms with Crippen LogP contribution < -0.4 is 10.2 Å². The Hall–Kier alpha value is -2.23. The second-order valence-electron chi connectivity index (χ2n) is 5.33. The van der Waals surface area contributed by atoms with Crippen LogP contribution in [0.5, 0.6) is 0 Å². The van der Waals surface area contributed by atoms with Crippen LogP contribution in [0.2, 0.25) is 0 Å². The van der Waals surface area contributed by atoms with E-state index >= 15 is 0 Å². The molecule has 4 nitrogen and oxygen atoms in total. The Balaban J connectivity index is 2.25. The van der Waals surface area contributed by atoms with Gasteiger partial charge in [0.1, 0.15) is 6.07 Å². The quantitative estimate of drug-likeness (QED) is 0.913. The van der Waals surface area contributed by atoms with Crippen molar-refractivity contribution in [3.8, 4) is 6.07 Å². The number of benzene rings is 1. The van der Waals surface area contributed by atoms with E-state index in [4.69, 9.17) is 5.26 Å². The molecule has 1 aliphatic heterocycles. The summed E-state index contributed by atoms with van der Waals surface area (Å²) in [6.45, 7) is 2.56. The molecule has 0 spiro atoms. The molecule has 2 rings (SSSR count). The predicted molar refractivity (Wildman–Crippen MR) is 75.2 cm³/mol. The minimum atomic E-state index is -4.47. The first-order valence-corrected chi connectivity index (χ1v) is 6.94. The largest absolute Gasteiger partial charge is 0.416 e. The van der Waals surface area contributed by atoms with Crippen LogP contribution in [0.3, 0.4) is 0 Å². The Morgan fingerprint density at radius 2 is 2.18 bits per heavy atom. The number of hydrogen-bond donors (Lipinski definition) is 1. The third-order valence-corrected chi connectivity index (χ3v) is 3.61. The molecule has 1 aliphatic rings. The van der Waals surface area contributed by atoms with Gasteiger partial charge in [-0.3, -0.25) is 4.79 Å². The Bertz CT molecular complexity index is 607. The van der Waals surface area contributed by atoms with Gasteiger partial charge in [-0.1, -0.05) is 0 Å². The van der Waals surface area contributed by atoms with E-state index in [-0.39, 0.29) is 17.5 Å². The Morgan fingerprint density at radius 1 is 1.45 bits per heavy atom. The summed E-state index contributed by atoms with van der Waals surface area (Å²) in [6, 6.07) is 4.96. The summed E-state index contributed by atoms with van der Waals surface area (Å²) in [5.74, 6) is -0.139. The molecule has 0 radical (unpaired) electrons. The van der Waals surface area contributed by atoms with Gasteiger partial charge in [-0.15, -0.1) is 0 Å². The monoisotopic (exact) mass is 311 g/mol. The van der Waals surface area contributed by atoms with Crippen molar-refractivity contribution in [1.29, 1.82) is 5.26 Å². The van der Waals surface area contributed by atoms with Gasteiger partial charge in [-0.25, -0.2) is 0 Å². The van der Waals surface area contributed by atoms with E-state index in [0.717, 1.165) is 25.0 Å². The second-order valence-corrected chi connectivity index (χ2v) is 5.33. The summed E-state index contributed by atoms with van der Waals surface area (Å²) < 4.78 is 38.1. The Morgan fingerprint density at radius 3 is 2.77 bits per heavy atom. The lowest BCUT2D eigenvalue weighted by molar-refractivity contribution is -0.137. The van der Waals surface area contributed by atoms with Crippen LogP contribution in [0.15, 0.2) is 18.2 Å². The number of nitrogens with one attached hydrogen (secondary N) is 1. The van der Waals surface area contributed by atoms with Gasteiger partial charge in [-0.2, -0.15) is 18.4 Å². The molecule has 22 heavy (non-hydrogen) atoms. The molecule has 1 unspecified atom stereocenters. The smallest absolute Gasteiger partial charge is 0.368 e. The zero-order chi connectivity index (χ0) is 16.3. The number of rotatable bonds is 2. The van der Waals surface area contributed by atoms with Gasteiger partial charge in [-0.05, 0) is 31.0 Å². The molecular weight excluding hydrogens is 295 g/mol. The molecule has 0 bridgehead atoms. The number of nitriles is 1. The Kier molecular flexibility index (Phi) is 4.59. The van der Waals surface area contributed by atoms with Crippen molar-refractivity contribution in [2.45, 2.75) is 32.0 Å². The van der Waals surface area contributed by atoms with Gasteiger partial charge in [0, 0.05) is 26.1 Å². The van der Waals surface area contributed by atoms with E-state index in [1.165, 1.54) is 13.0 Å². The normalized spacial score (nSPS) is 18.7. The highest BCUT2D eigenvalue weighted by Crippen LogP contribution is 2.33. The van der Waals surface area contributed by atoms with Crippen molar-refractivity contribution in [1.82, 2.24) is 5.32 Å². The molecule has 1 fully saturated rings. The molecule has 1 N–H and O–H groups in total. The molecule has 7 heteroatoms. The van der Waals surface area contributed by atoms with E-state index < -0.39 is 11.7 Å². The second kappa shape index (κ2) is 6.26. The fourth-order valence-corrected chi connectivity index (χ4v) is 2.68. The molecule has 1 atom stereocenters. The van der Waals surface area contributed by atoms with E-state index in [0.29, 0.717) is 18.8 Å². The number of halogens is 3. The molecule has 0 aromatic heterocycles. The summed E-state index contributed by atoms with van der Waals surface area (Å²) in [5.41, 5.74) is -0.355. The zero-order valence-corrected chi connectivity index (χ0v) is 12.1. The highest BCUT2D eigenvalue weighted by atomic mass is 19.4. The number of carbonyl (C=O) groups excluding carboxylic acids is 1. The van der Waals surface area contributed by atoms with E-state index in [1.54, 1.807) is 0 Å². The number of alkyl halides is 3. The van der Waals surface area contributed by atoms with Gasteiger partial charge in [0.15, 0.2) is 0 Å². The van der Waals surface area contributed by atoms with Crippen LogP contribution in [-0.4, -0.2) is 25.0 Å². The van der Waals surface area contributed by atoms with Crippen molar-refractivity contribution < 1.29 is 18.0 Å². The SMILES string of the molecule is CC(=O)NC1CCCN(c2ccc(C(F)(F)F)cc2C#N)C1. The average molecular weight is 311 g/mol. The minimum absolute atomic E-state index is 0.00157. The van der Waals surface area contributed by atoms with Crippen LogP contribution in [0, 0.1) is 11.3 Å². The molecule has 1 aromatic rings. The van der Waals surface area contributed by atoms with Gasteiger partial charge >= 0.3 is 6.18 Å². The summed E-state index contributed by atoms with van der Waals surface area (Å²) in [6.07, 6.45) is -2.85. The maximum atomic E-state index is 12.7. The summed E-state index contributed by atoms with van der Waals surface area (Å²) >= 11 is 0. The predicted octanol–water partition coefficient (Wildman–Crippen LogP) is 2.68. The first kappa shape index (κ1) is 16.1. The number of carbonyl (C=O) groups is 1. The average Bonchev–Trinajstić information content (AvgIpc) is 2.45. The molecule has 1 heterocycles. The van der Waals surface area contributed by atoms with E-state index in [2.05, 4.69) is 5.32 Å². The van der Waals surface area contributed by atoms with Crippen molar-refractivity contribution in [3.05, 3.63) is 29.3 Å². The van der Waals surface area contributed by atoms with Gasteiger partial charge in [0.05, 0.1) is 16.8 Å². The topological polar surface area (TPSA) is 56.1 Å². The van der Waals surface area contributed by atoms with Gasteiger partial charge in [0.25, 0.3) is 0 Å². The number of anilines is 1. The van der Waals surface area contributed by atoms with E-state index in [1.807, 2.05) is 11.0 Å². The summed E-state index contributed by atoms with van der Waals surface area (Å²) in [5, 5.41) is 11.9. The van der Waals surface area contributed by atoms with Crippen LogP contribution >= 0.6 is 0 Å². The number of piperidine rings is 1. The fourth-order valence-electron chi connectivity index (χ4n) is 2.68. The fraction of sp³-hybridized carbons (Fsp3) is 0.467. The van der Waals surface area contributed by atoms with Gasteiger partial charge in [0.2, 0.25) is 5.91 Å². The maximum absolute atomic E-state index is 12.7. The molecule has 118 valence electrons. The highest BCUT2D eigenvalue weighted by molar-refractivity contribution is 5.73. The van der Waals surface area contributed by atoms with Crippen LogP contribution in [0.1, 0.15) is 30.9 Å². The number of hydrogen-bond acceptors (Lipinski definition) is 3. The number of amides is 1. The van der Waals surface area contributed by atoms with Crippen LogP contribution in [0.25, 0.3) is 0 Å². The third-order valence-electron chi connectivity index (χ3n) is 3.61. The molecule has 1 aromatic carbocycles. The molecule has 0 saturated carbocycles. The lowest BCUT2D eigenvalue weighted by Gasteiger charge is -2.35. The first-order chi connectivity index (χ1) is 10.3. The minimum Gasteiger partial charge on any atom is -0.368 e. The maximum Gasteiger partial charge on any atom is 0.416 e. The van der Waals surface area contributed by atoms with Crippen molar-refractivity contribution in [2.75, 3.05) is 18.0 Å². The molecule has 1 saturated heterocycles. The standard InChI is InChI=1S/C15H16F3N3O/c1-10(22)20-13-3-2-6-21(9-13)14-5-4-12(15(16,17)18)7-11(14)8-19/h4-5,7,13H,2-3,6,9H2,1H3,(H,20,22). The number of nitrogens with zero attached hydrogens (tertiary/aromatic N) is 2. The summed E-state index contributed by atoms with van der Waals surface area (Å²) in [7, 11) is 0. The van der Waals surface area contributed by atoms with Crippen molar-refractivity contribution in [3.63, 3.8) is 0 Å². The lowest BCUT2D eigenvalue weighted by Crippen LogP contribution is -2.47. The molecular formula is C15H16F3N3O. The first-order valence-electron chi connectivity index (χ1n) is 6.94. The van der Waals surface area contributed by atoms with Crippen molar-refractivity contribution in [2.24, 2.45) is 0 Å². The Labute approximate surface area is 126 Å².